The molecular formula is C40H76O6. The van der Waals surface area contributed by atoms with E-state index < -0.39 is 6.10 Å². The van der Waals surface area contributed by atoms with Crippen molar-refractivity contribution in [2.75, 3.05) is 13.2 Å². The van der Waals surface area contributed by atoms with Crippen molar-refractivity contribution >= 4 is 17.9 Å². The molecule has 0 aromatic heterocycles. The van der Waals surface area contributed by atoms with Crippen LogP contribution in [0.3, 0.4) is 0 Å². The SMILES string of the molecule is CCCCCCCCCCCCCCC(=O)OC[C@@H](COC(=O)CCCCCCCCCCC)OC(=O)CCCCCCCCC. The molecule has 0 aromatic carbocycles. The Morgan fingerprint density at radius 2 is 0.587 bits per heavy atom. The first-order valence-electron chi connectivity index (χ1n) is 20.0. The molecule has 0 aromatic rings. The van der Waals surface area contributed by atoms with Crippen molar-refractivity contribution in [3.8, 4) is 0 Å². The summed E-state index contributed by atoms with van der Waals surface area (Å²) in [5.41, 5.74) is 0. The molecule has 272 valence electrons. The number of unbranched alkanes of at least 4 members (excludes halogenated alkanes) is 25. The Labute approximate surface area is 285 Å². The van der Waals surface area contributed by atoms with Crippen molar-refractivity contribution in [3.63, 3.8) is 0 Å². The minimum absolute atomic E-state index is 0.0643. The molecule has 0 aliphatic rings. The Morgan fingerprint density at radius 1 is 0.348 bits per heavy atom. The Kier molecular flexibility index (Phi) is 35.0. The summed E-state index contributed by atoms with van der Waals surface area (Å²) in [6.45, 7) is 6.56. The van der Waals surface area contributed by atoms with Gasteiger partial charge in [0.25, 0.3) is 0 Å². The summed E-state index contributed by atoms with van der Waals surface area (Å²) in [6.07, 6.45) is 33.8. The van der Waals surface area contributed by atoms with E-state index in [9.17, 15) is 14.4 Å². The summed E-state index contributed by atoms with van der Waals surface area (Å²) in [5, 5.41) is 0. The maximum Gasteiger partial charge on any atom is 0.306 e. The third-order valence-electron chi connectivity index (χ3n) is 8.86. The molecule has 0 radical (unpaired) electrons. The number of hydrogen-bond donors (Lipinski definition) is 0. The van der Waals surface area contributed by atoms with Crippen LogP contribution in [0.4, 0.5) is 0 Å². The number of ether oxygens (including phenoxy) is 3. The third-order valence-corrected chi connectivity index (χ3v) is 8.86. The van der Waals surface area contributed by atoms with Gasteiger partial charge in [-0.05, 0) is 19.3 Å². The predicted molar refractivity (Wildman–Crippen MR) is 192 cm³/mol. The van der Waals surface area contributed by atoms with E-state index in [2.05, 4.69) is 20.8 Å². The largest absolute Gasteiger partial charge is 0.462 e. The van der Waals surface area contributed by atoms with Crippen LogP contribution in [0.15, 0.2) is 0 Å². The highest BCUT2D eigenvalue weighted by atomic mass is 16.6. The van der Waals surface area contributed by atoms with Gasteiger partial charge in [-0.25, -0.2) is 0 Å². The molecule has 0 rings (SSSR count). The maximum atomic E-state index is 12.5. The van der Waals surface area contributed by atoms with Crippen molar-refractivity contribution in [3.05, 3.63) is 0 Å². The van der Waals surface area contributed by atoms with E-state index in [0.717, 1.165) is 57.8 Å². The third kappa shape index (κ3) is 33.8. The first-order chi connectivity index (χ1) is 22.5. The van der Waals surface area contributed by atoms with Gasteiger partial charge in [0.05, 0.1) is 0 Å². The first-order valence-corrected chi connectivity index (χ1v) is 20.0. The molecule has 0 saturated heterocycles. The van der Waals surface area contributed by atoms with Gasteiger partial charge >= 0.3 is 17.9 Å². The summed E-state index contributed by atoms with van der Waals surface area (Å²) in [4.78, 5) is 37.3. The molecule has 0 spiro atoms. The average Bonchev–Trinajstić information content (AvgIpc) is 3.05. The fourth-order valence-electron chi connectivity index (χ4n) is 5.79. The molecule has 0 bridgehead atoms. The summed E-state index contributed by atoms with van der Waals surface area (Å²) < 4.78 is 16.5. The standard InChI is InChI=1S/C40H76O6/c1-4-7-10-13-16-18-19-20-22-25-27-30-33-39(42)45-36-37(46-40(43)34-31-28-23-15-12-9-6-3)35-44-38(41)32-29-26-24-21-17-14-11-8-5-2/h37H,4-36H2,1-3H3/t37-/m1/s1. The molecule has 46 heavy (non-hydrogen) atoms. The number of esters is 3. The summed E-state index contributed by atoms with van der Waals surface area (Å²) >= 11 is 0. The van der Waals surface area contributed by atoms with Crippen molar-refractivity contribution in [2.24, 2.45) is 0 Å². The average molecular weight is 653 g/mol. The lowest BCUT2D eigenvalue weighted by molar-refractivity contribution is -0.167. The molecule has 0 unspecified atom stereocenters. The van der Waals surface area contributed by atoms with E-state index in [1.165, 1.54) is 122 Å². The molecule has 0 N–H and O–H groups in total. The molecule has 6 heteroatoms. The van der Waals surface area contributed by atoms with E-state index in [1.54, 1.807) is 0 Å². The lowest BCUT2D eigenvalue weighted by atomic mass is 10.0. The van der Waals surface area contributed by atoms with Gasteiger partial charge in [-0.3, -0.25) is 14.4 Å². The quantitative estimate of drug-likeness (QED) is 0.0381. The van der Waals surface area contributed by atoms with Gasteiger partial charge in [-0.2, -0.15) is 0 Å². The maximum absolute atomic E-state index is 12.5. The molecule has 0 saturated carbocycles. The van der Waals surface area contributed by atoms with Crippen LogP contribution in [-0.4, -0.2) is 37.2 Å². The minimum Gasteiger partial charge on any atom is -0.462 e. The monoisotopic (exact) mass is 653 g/mol. The summed E-state index contributed by atoms with van der Waals surface area (Å²) in [5.74, 6) is -0.870. The zero-order valence-electron chi connectivity index (χ0n) is 30.9. The number of carbonyl (C=O) groups excluding carboxylic acids is 3. The van der Waals surface area contributed by atoms with Crippen LogP contribution < -0.4 is 0 Å². The van der Waals surface area contributed by atoms with Crippen LogP contribution in [-0.2, 0) is 28.6 Å². The van der Waals surface area contributed by atoms with Crippen molar-refractivity contribution in [1.82, 2.24) is 0 Å². The molecule has 0 heterocycles. The van der Waals surface area contributed by atoms with Gasteiger partial charge in [0.15, 0.2) is 6.10 Å². The lowest BCUT2D eigenvalue weighted by Crippen LogP contribution is -2.30. The van der Waals surface area contributed by atoms with Gasteiger partial charge in [0.1, 0.15) is 13.2 Å². The second-order valence-corrected chi connectivity index (χ2v) is 13.6. The minimum atomic E-state index is -0.755. The van der Waals surface area contributed by atoms with E-state index in [4.69, 9.17) is 14.2 Å². The first kappa shape index (κ1) is 44.4. The van der Waals surface area contributed by atoms with Crippen LogP contribution in [0.25, 0.3) is 0 Å². The summed E-state index contributed by atoms with van der Waals surface area (Å²) in [7, 11) is 0. The normalized spacial score (nSPS) is 11.8. The molecule has 0 fully saturated rings. The van der Waals surface area contributed by atoms with E-state index in [1.807, 2.05) is 0 Å². The molecule has 0 aliphatic carbocycles. The van der Waals surface area contributed by atoms with Crippen LogP contribution in [0.2, 0.25) is 0 Å². The van der Waals surface area contributed by atoms with Crippen LogP contribution in [0, 0.1) is 0 Å². The Morgan fingerprint density at radius 3 is 0.870 bits per heavy atom. The highest BCUT2D eigenvalue weighted by Gasteiger charge is 2.19. The molecule has 0 amide bonds. The zero-order chi connectivity index (χ0) is 33.8. The number of rotatable bonds is 36. The molecule has 0 aliphatic heterocycles. The predicted octanol–water partition coefficient (Wildman–Crippen LogP) is 12.1. The highest BCUT2D eigenvalue weighted by molar-refractivity contribution is 5.71. The van der Waals surface area contributed by atoms with Crippen molar-refractivity contribution in [2.45, 2.75) is 226 Å². The second kappa shape index (κ2) is 36.2. The smallest absolute Gasteiger partial charge is 0.306 e. The number of carbonyl (C=O) groups is 3. The second-order valence-electron chi connectivity index (χ2n) is 13.6. The van der Waals surface area contributed by atoms with E-state index in [0.29, 0.717) is 19.3 Å². The Bertz CT molecular complexity index is 679. The topological polar surface area (TPSA) is 78.9 Å². The van der Waals surface area contributed by atoms with E-state index >= 15 is 0 Å². The van der Waals surface area contributed by atoms with Crippen molar-refractivity contribution < 1.29 is 28.6 Å². The van der Waals surface area contributed by atoms with Crippen molar-refractivity contribution in [1.29, 1.82) is 0 Å². The fraction of sp³-hybridized carbons (Fsp3) is 0.925. The van der Waals surface area contributed by atoms with Crippen LogP contribution >= 0.6 is 0 Å². The van der Waals surface area contributed by atoms with Gasteiger partial charge < -0.3 is 14.2 Å². The molecule has 1 atom stereocenters. The van der Waals surface area contributed by atoms with Gasteiger partial charge in [0.2, 0.25) is 0 Å². The Balaban J connectivity index is 4.28. The Hall–Kier alpha value is -1.59. The van der Waals surface area contributed by atoms with Crippen LogP contribution in [0.1, 0.15) is 220 Å². The fourth-order valence-corrected chi connectivity index (χ4v) is 5.79. The lowest BCUT2D eigenvalue weighted by Gasteiger charge is -2.18. The molecule has 6 nitrogen and oxygen atoms in total. The van der Waals surface area contributed by atoms with E-state index in [-0.39, 0.29) is 31.1 Å². The highest BCUT2D eigenvalue weighted by Crippen LogP contribution is 2.14. The molecular weight excluding hydrogens is 576 g/mol. The zero-order valence-corrected chi connectivity index (χ0v) is 30.9. The van der Waals surface area contributed by atoms with Gasteiger partial charge in [-0.15, -0.1) is 0 Å². The van der Waals surface area contributed by atoms with Gasteiger partial charge in [-0.1, -0.05) is 181 Å². The summed E-state index contributed by atoms with van der Waals surface area (Å²) in [6, 6.07) is 0. The van der Waals surface area contributed by atoms with Crippen LogP contribution in [0.5, 0.6) is 0 Å². The van der Waals surface area contributed by atoms with Gasteiger partial charge in [0, 0.05) is 19.3 Å². The number of hydrogen-bond acceptors (Lipinski definition) is 6.